The third-order valence-corrected chi connectivity index (χ3v) is 2.21. The van der Waals surface area contributed by atoms with Crippen LogP contribution in [0.5, 0.6) is 0 Å². The summed E-state index contributed by atoms with van der Waals surface area (Å²) in [6.45, 7) is 4.04. The maximum atomic E-state index is 5.77. The number of hydrogen-bond donors (Lipinski definition) is 0. The Bertz CT molecular complexity index is 118. The van der Waals surface area contributed by atoms with Crippen molar-refractivity contribution in [3.8, 4) is 0 Å². The molecular weight excluding hydrogens is 122 g/mol. The van der Waals surface area contributed by atoms with Crippen LogP contribution in [0.25, 0.3) is 0 Å². The minimum atomic E-state index is 0.0185. The van der Waals surface area contributed by atoms with Crippen LogP contribution in [0.15, 0.2) is 0 Å². The Morgan fingerprint density at radius 3 is 2.10 bits per heavy atom. The fraction of sp³-hybridized carbons (Fsp3) is 1.00. The van der Waals surface area contributed by atoms with E-state index in [-0.39, 0.29) is 23.8 Å². The summed E-state index contributed by atoms with van der Waals surface area (Å²) in [5, 5.41) is 0. The molecule has 0 aliphatic carbocycles. The predicted octanol–water partition coefficient (Wildman–Crippen LogP) is 1.10. The molecule has 1 nitrogen and oxygen atoms in total. The van der Waals surface area contributed by atoms with E-state index in [0.717, 1.165) is 6.42 Å². The summed E-state index contributed by atoms with van der Waals surface area (Å²) in [6, 6.07) is 0. The van der Waals surface area contributed by atoms with Crippen molar-refractivity contribution in [2.24, 2.45) is 0 Å². The summed E-state index contributed by atoms with van der Waals surface area (Å²) in [7, 11) is 11.5. The summed E-state index contributed by atoms with van der Waals surface area (Å²) in [5.74, 6) is 0.0462. The van der Waals surface area contributed by atoms with Gasteiger partial charge in [-0.25, -0.2) is 0 Å². The second-order valence-electron chi connectivity index (χ2n) is 2.94. The molecule has 0 amide bonds. The molecule has 4 radical (unpaired) electrons. The van der Waals surface area contributed by atoms with Crippen LogP contribution in [0.4, 0.5) is 0 Å². The molecule has 4 atom stereocenters. The van der Waals surface area contributed by atoms with E-state index < -0.39 is 0 Å². The van der Waals surface area contributed by atoms with E-state index in [9.17, 15) is 0 Å². The fourth-order valence-corrected chi connectivity index (χ4v) is 1.39. The minimum Gasteiger partial charge on any atom is -0.376 e. The first-order valence-corrected chi connectivity index (χ1v) is 3.83. The lowest BCUT2D eigenvalue weighted by atomic mass is 9.64. The molecule has 10 heavy (non-hydrogen) atoms. The molecule has 4 unspecified atom stereocenters. The van der Waals surface area contributed by atoms with E-state index >= 15 is 0 Å². The van der Waals surface area contributed by atoms with Gasteiger partial charge in [-0.2, -0.15) is 0 Å². The van der Waals surface area contributed by atoms with Crippen LogP contribution in [-0.2, 0) is 4.74 Å². The van der Waals surface area contributed by atoms with Gasteiger partial charge in [0, 0.05) is 6.10 Å². The van der Waals surface area contributed by atoms with Crippen molar-refractivity contribution in [2.45, 2.75) is 44.1 Å². The van der Waals surface area contributed by atoms with Gasteiger partial charge in [0.2, 0.25) is 0 Å². The number of rotatable bonds is 1. The lowest BCUT2D eigenvalue weighted by molar-refractivity contribution is 0.0543. The van der Waals surface area contributed by atoms with Crippen molar-refractivity contribution >= 4 is 15.7 Å². The van der Waals surface area contributed by atoms with E-state index in [1.54, 1.807) is 0 Å². The van der Waals surface area contributed by atoms with Gasteiger partial charge in [0.25, 0.3) is 0 Å². The van der Waals surface area contributed by atoms with Crippen LogP contribution < -0.4 is 0 Å². The number of ether oxygens (including phenoxy) is 1. The molecule has 1 aliphatic rings. The lowest BCUT2D eigenvalue weighted by Gasteiger charge is -2.13. The van der Waals surface area contributed by atoms with E-state index in [2.05, 4.69) is 6.92 Å². The Hall–Kier alpha value is 0.0899. The average molecular weight is 134 g/mol. The summed E-state index contributed by atoms with van der Waals surface area (Å²) in [5.41, 5.74) is 0. The van der Waals surface area contributed by atoms with Crippen molar-refractivity contribution < 1.29 is 4.74 Å². The van der Waals surface area contributed by atoms with Crippen molar-refractivity contribution in [1.82, 2.24) is 0 Å². The van der Waals surface area contributed by atoms with Gasteiger partial charge in [-0.3, -0.25) is 0 Å². The van der Waals surface area contributed by atoms with Gasteiger partial charge in [-0.1, -0.05) is 18.6 Å². The van der Waals surface area contributed by atoms with Gasteiger partial charge < -0.3 is 4.74 Å². The lowest BCUT2D eigenvalue weighted by Crippen LogP contribution is -2.11. The Balaban J connectivity index is 2.53. The molecule has 0 saturated carbocycles. The van der Waals surface area contributed by atoms with Crippen LogP contribution in [0.3, 0.4) is 0 Å². The van der Waals surface area contributed by atoms with E-state index in [1.807, 2.05) is 6.92 Å². The highest BCUT2D eigenvalue weighted by Crippen LogP contribution is 2.38. The van der Waals surface area contributed by atoms with Crippen LogP contribution in [0.2, 0.25) is 11.6 Å². The molecular formula is C7H12B2O. The zero-order valence-corrected chi connectivity index (χ0v) is 6.58. The quantitative estimate of drug-likeness (QED) is 0.487. The van der Waals surface area contributed by atoms with Gasteiger partial charge in [-0.15, -0.1) is 0 Å². The molecule has 0 aromatic rings. The normalized spacial score (nSPS) is 47.8. The molecule has 1 heterocycles. The molecule has 3 heteroatoms. The molecule has 1 fully saturated rings. The zero-order chi connectivity index (χ0) is 7.72. The van der Waals surface area contributed by atoms with Gasteiger partial charge >= 0.3 is 0 Å². The van der Waals surface area contributed by atoms with Crippen LogP contribution in [0, 0.1) is 0 Å². The van der Waals surface area contributed by atoms with Crippen molar-refractivity contribution in [2.75, 3.05) is 0 Å². The van der Waals surface area contributed by atoms with Crippen LogP contribution in [-0.4, -0.2) is 27.9 Å². The largest absolute Gasteiger partial charge is 0.376 e. The zero-order valence-electron chi connectivity index (χ0n) is 6.58. The summed E-state index contributed by atoms with van der Waals surface area (Å²) in [4.78, 5) is 0. The summed E-state index contributed by atoms with van der Waals surface area (Å²) < 4.78 is 5.48. The third kappa shape index (κ3) is 1.24. The number of hydrogen-bond acceptors (Lipinski definition) is 1. The molecule has 1 aliphatic heterocycles. The Morgan fingerprint density at radius 2 is 1.90 bits per heavy atom. The molecule has 1 rings (SSSR count). The van der Waals surface area contributed by atoms with Crippen molar-refractivity contribution in [3.05, 3.63) is 0 Å². The second-order valence-corrected chi connectivity index (χ2v) is 2.94. The summed E-state index contributed by atoms with van der Waals surface area (Å²) in [6.07, 6.45) is 1.25. The summed E-state index contributed by atoms with van der Waals surface area (Å²) >= 11 is 0. The van der Waals surface area contributed by atoms with Gasteiger partial charge in [0.15, 0.2) is 0 Å². The Kier molecular flexibility index (Phi) is 2.45. The first kappa shape index (κ1) is 8.19. The first-order valence-electron chi connectivity index (χ1n) is 3.83. The molecule has 0 aromatic heterocycles. The molecule has 1 saturated heterocycles. The molecule has 52 valence electrons. The van der Waals surface area contributed by atoms with Crippen LogP contribution >= 0.6 is 0 Å². The van der Waals surface area contributed by atoms with Crippen molar-refractivity contribution in [3.63, 3.8) is 0 Å². The second kappa shape index (κ2) is 3.00. The van der Waals surface area contributed by atoms with Gasteiger partial charge in [0.1, 0.15) is 0 Å². The minimum absolute atomic E-state index is 0.0185. The first-order chi connectivity index (χ1) is 4.66. The highest BCUT2D eigenvalue weighted by molar-refractivity contribution is 6.22. The maximum Gasteiger partial charge on any atom is 0.0729 e. The monoisotopic (exact) mass is 134 g/mol. The van der Waals surface area contributed by atoms with Gasteiger partial charge in [-0.05, 0) is 13.3 Å². The Morgan fingerprint density at radius 1 is 1.30 bits per heavy atom. The fourth-order valence-electron chi connectivity index (χ4n) is 1.39. The van der Waals surface area contributed by atoms with Gasteiger partial charge in [0.05, 0.1) is 21.8 Å². The predicted molar refractivity (Wildman–Crippen MR) is 43.6 cm³/mol. The van der Waals surface area contributed by atoms with Crippen molar-refractivity contribution in [1.29, 1.82) is 0 Å². The maximum absolute atomic E-state index is 5.77. The topological polar surface area (TPSA) is 9.23 Å². The Labute approximate surface area is 65.3 Å². The third-order valence-electron chi connectivity index (χ3n) is 2.21. The van der Waals surface area contributed by atoms with E-state index in [0.29, 0.717) is 0 Å². The molecule has 0 N–H and O–H groups in total. The molecule has 0 aromatic carbocycles. The smallest absolute Gasteiger partial charge is 0.0729 e. The van der Waals surface area contributed by atoms with E-state index in [1.165, 1.54) is 0 Å². The SMILES string of the molecule is [B]C1C(C)OC(CC)C1[B]. The van der Waals surface area contributed by atoms with E-state index in [4.69, 9.17) is 20.4 Å². The molecule has 0 bridgehead atoms. The highest BCUT2D eigenvalue weighted by atomic mass is 16.5. The average Bonchev–Trinajstić information content (AvgIpc) is 2.17. The standard InChI is InChI=1S/C7H12B2O/c1-3-5-7(9)6(8)4(2)10-5/h4-7H,3H2,1-2H3. The molecule has 0 spiro atoms. The highest BCUT2D eigenvalue weighted by Gasteiger charge is 2.33. The van der Waals surface area contributed by atoms with Crippen LogP contribution in [0.1, 0.15) is 20.3 Å².